The lowest BCUT2D eigenvalue weighted by Crippen LogP contribution is -2.51. The molecule has 1 aliphatic heterocycles. The molecule has 7 heteroatoms. The Kier molecular flexibility index (Phi) is 5.79. The Morgan fingerprint density at radius 3 is 2.60 bits per heavy atom. The fourth-order valence-corrected chi connectivity index (χ4v) is 3.57. The van der Waals surface area contributed by atoms with Gasteiger partial charge in [-0.1, -0.05) is 49.7 Å². The van der Waals surface area contributed by atoms with Crippen LogP contribution in [0.5, 0.6) is 0 Å². The second kappa shape index (κ2) is 8.82. The van der Waals surface area contributed by atoms with Crippen molar-refractivity contribution in [1.82, 2.24) is 20.4 Å². The summed E-state index contributed by atoms with van der Waals surface area (Å²) in [7, 11) is 0. The van der Waals surface area contributed by atoms with E-state index >= 15 is 0 Å². The van der Waals surface area contributed by atoms with Gasteiger partial charge in [0.05, 0.1) is 17.3 Å². The molecule has 1 aliphatic rings. The van der Waals surface area contributed by atoms with Crippen molar-refractivity contribution in [1.29, 1.82) is 0 Å². The lowest BCUT2D eigenvalue weighted by Gasteiger charge is -2.22. The van der Waals surface area contributed by atoms with E-state index in [1.165, 1.54) is 5.56 Å². The molecular weight excluding hydrogens is 378 g/mol. The van der Waals surface area contributed by atoms with Crippen LogP contribution in [0.2, 0.25) is 0 Å². The third-order valence-electron chi connectivity index (χ3n) is 5.11. The minimum absolute atomic E-state index is 0.175. The van der Waals surface area contributed by atoms with Crippen molar-refractivity contribution in [3.8, 4) is 16.9 Å². The molecule has 2 aromatic carbocycles. The molecule has 2 heterocycles. The van der Waals surface area contributed by atoms with Gasteiger partial charge in [0.25, 0.3) is 0 Å². The van der Waals surface area contributed by atoms with Crippen molar-refractivity contribution >= 4 is 17.8 Å². The van der Waals surface area contributed by atoms with E-state index in [2.05, 4.69) is 52.2 Å². The highest BCUT2D eigenvalue weighted by Gasteiger charge is 2.25. The van der Waals surface area contributed by atoms with Gasteiger partial charge in [0.2, 0.25) is 5.91 Å². The molecule has 1 aromatic heterocycles. The van der Waals surface area contributed by atoms with Crippen molar-refractivity contribution in [2.24, 2.45) is 5.92 Å². The first-order chi connectivity index (χ1) is 14.6. The molecule has 30 heavy (non-hydrogen) atoms. The maximum Gasteiger partial charge on any atom is 0.314 e. The first-order valence-corrected chi connectivity index (χ1v) is 10.2. The lowest BCUT2D eigenvalue weighted by atomic mass is 10.0. The number of aromatic nitrogens is 2. The quantitative estimate of drug-likeness (QED) is 0.590. The Bertz CT molecular complexity index is 1030. The van der Waals surface area contributed by atoms with Gasteiger partial charge in [-0.15, -0.1) is 5.10 Å². The van der Waals surface area contributed by atoms with Crippen molar-refractivity contribution < 1.29 is 9.59 Å². The number of urea groups is 1. The monoisotopic (exact) mass is 403 g/mol. The van der Waals surface area contributed by atoms with E-state index in [1.807, 2.05) is 41.1 Å². The molecule has 0 bridgehead atoms. The van der Waals surface area contributed by atoms with Gasteiger partial charge in [0.15, 0.2) is 5.82 Å². The van der Waals surface area contributed by atoms with E-state index in [0.717, 1.165) is 29.8 Å². The standard InChI is InChI=1S/C23H25N5O2/c1-2-7-16-8-6-9-17(12-16)20-13-21(27-28(20)19-10-4-3-5-11-19)26-22(29)18-14-24-23(30)25-15-18/h3-6,8-13,18H,2,7,14-15H2,1H3,(H2,24,25,30)(H,26,27,29). The number of benzene rings is 2. The summed E-state index contributed by atoms with van der Waals surface area (Å²) < 4.78 is 1.85. The van der Waals surface area contributed by atoms with Gasteiger partial charge in [0, 0.05) is 24.7 Å². The van der Waals surface area contributed by atoms with Crippen LogP contribution in [-0.2, 0) is 11.2 Å². The van der Waals surface area contributed by atoms with Crippen molar-refractivity contribution in [2.75, 3.05) is 18.4 Å². The average Bonchev–Trinajstić information content (AvgIpc) is 3.19. The summed E-state index contributed by atoms with van der Waals surface area (Å²) in [5, 5.41) is 12.9. The van der Waals surface area contributed by atoms with Gasteiger partial charge in [-0.2, -0.15) is 0 Å². The minimum atomic E-state index is -0.346. The minimum Gasteiger partial charge on any atom is -0.337 e. The molecule has 0 spiro atoms. The second-order valence-corrected chi connectivity index (χ2v) is 7.39. The Hall–Kier alpha value is -3.61. The van der Waals surface area contributed by atoms with Gasteiger partial charge >= 0.3 is 6.03 Å². The summed E-state index contributed by atoms with van der Waals surface area (Å²) in [4.78, 5) is 23.9. The van der Waals surface area contributed by atoms with Crippen molar-refractivity contribution in [2.45, 2.75) is 19.8 Å². The van der Waals surface area contributed by atoms with Crippen LogP contribution in [-0.4, -0.2) is 34.8 Å². The third kappa shape index (κ3) is 4.35. The zero-order chi connectivity index (χ0) is 20.9. The smallest absolute Gasteiger partial charge is 0.314 e. The molecule has 0 radical (unpaired) electrons. The van der Waals surface area contributed by atoms with Gasteiger partial charge in [-0.3, -0.25) is 4.79 Å². The van der Waals surface area contributed by atoms with Crippen LogP contribution < -0.4 is 16.0 Å². The highest BCUT2D eigenvalue weighted by atomic mass is 16.2. The normalized spacial score (nSPS) is 14.1. The average molecular weight is 403 g/mol. The number of carbonyl (C=O) groups excluding carboxylic acids is 2. The number of hydrogen-bond acceptors (Lipinski definition) is 3. The Morgan fingerprint density at radius 1 is 1.10 bits per heavy atom. The summed E-state index contributed by atoms with van der Waals surface area (Å²) in [5.74, 6) is -0.0379. The molecule has 1 saturated heterocycles. The summed E-state index contributed by atoms with van der Waals surface area (Å²) in [5.41, 5.74) is 4.14. The van der Waals surface area contributed by atoms with Crippen LogP contribution in [0.25, 0.3) is 16.9 Å². The Labute approximate surface area is 175 Å². The molecule has 0 saturated carbocycles. The van der Waals surface area contributed by atoms with E-state index in [4.69, 9.17) is 0 Å². The summed E-state index contributed by atoms with van der Waals surface area (Å²) in [6.45, 7) is 2.78. The lowest BCUT2D eigenvalue weighted by molar-refractivity contribution is -0.119. The third-order valence-corrected chi connectivity index (χ3v) is 5.11. The van der Waals surface area contributed by atoms with Crippen LogP contribution in [0.15, 0.2) is 60.7 Å². The van der Waals surface area contributed by atoms with Gasteiger partial charge < -0.3 is 16.0 Å². The van der Waals surface area contributed by atoms with Gasteiger partial charge in [0.1, 0.15) is 0 Å². The molecule has 0 aliphatic carbocycles. The fourth-order valence-electron chi connectivity index (χ4n) is 3.57. The number of aryl methyl sites for hydroxylation is 1. The molecule has 3 aromatic rings. The van der Waals surface area contributed by atoms with E-state index in [9.17, 15) is 9.59 Å². The van der Waals surface area contributed by atoms with Crippen LogP contribution >= 0.6 is 0 Å². The molecular formula is C23H25N5O2. The van der Waals surface area contributed by atoms with Crippen LogP contribution in [0, 0.1) is 5.92 Å². The summed E-state index contributed by atoms with van der Waals surface area (Å²) >= 11 is 0. The zero-order valence-electron chi connectivity index (χ0n) is 16.9. The first-order valence-electron chi connectivity index (χ1n) is 10.2. The molecule has 154 valence electrons. The number of amides is 3. The molecule has 4 rings (SSSR count). The maximum atomic E-state index is 12.7. The first kappa shape index (κ1) is 19.7. The summed E-state index contributed by atoms with van der Waals surface area (Å²) in [6.07, 6.45) is 2.09. The number of para-hydroxylation sites is 1. The number of rotatable bonds is 6. The summed E-state index contributed by atoms with van der Waals surface area (Å²) in [6, 6.07) is 19.9. The number of anilines is 1. The topological polar surface area (TPSA) is 88.1 Å². The molecule has 0 atom stereocenters. The maximum absolute atomic E-state index is 12.7. The second-order valence-electron chi connectivity index (χ2n) is 7.39. The molecule has 7 nitrogen and oxygen atoms in total. The predicted octanol–water partition coefficient (Wildman–Crippen LogP) is 3.36. The van der Waals surface area contributed by atoms with E-state index < -0.39 is 0 Å². The highest BCUT2D eigenvalue weighted by molar-refractivity contribution is 5.94. The largest absolute Gasteiger partial charge is 0.337 e. The number of hydrogen-bond donors (Lipinski definition) is 3. The zero-order valence-corrected chi connectivity index (χ0v) is 16.9. The molecule has 1 fully saturated rings. The number of carbonyl (C=O) groups is 2. The van der Waals surface area contributed by atoms with E-state index in [-0.39, 0.29) is 17.9 Å². The van der Waals surface area contributed by atoms with E-state index in [1.54, 1.807) is 0 Å². The van der Waals surface area contributed by atoms with Crippen LogP contribution in [0.3, 0.4) is 0 Å². The molecule has 3 amide bonds. The van der Waals surface area contributed by atoms with Crippen molar-refractivity contribution in [3.05, 3.63) is 66.2 Å². The van der Waals surface area contributed by atoms with Gasteiger partial charge in [-0.05, 0) is 30.2 Å². The van der Waals surface area contributed by atoms with Crippen molar-refractivity contribution in [3.63, 3.8) is 0 Å². The Balaban J connectivity index is 1.65. The van der Waals surface area contributed by atoms with Crippen LogP contribution in [0.4, 0.5) is 10.6 Å². The van der Waals surface area contributed by atoms with Gasteiger partial charge in [-0.25, -0.2) is 9.48 Å². The molecule has 0 unspecified atom stereocenters. The number of nitrogens with one attached hydrogen (secondary N) is 3. The van der Waals surface area contributed by atoms with Crippen LogP contribution in [0.1, 0.15) is 18.9 Å². The SMILES string of the molecule is CCCc1cccc(-c2cc(NC(=O)C3CNC(=O)NC3)nn2-c2ccccc2)c1. The molecule has 3 N–H and O–H groups in total. The fraction of sp³-hybridized carbons (Fsp3) is 0.261. The van der Waals surface area contributed by atoms with E-state index in [0.29, 0.717) is 18.9 Å². The predicted molar refractivity (Wildman–Crippen MR) is 117 cm³/mol. The highest BCUT2D eigenvalue weighted by Crippen LogP contribution is 2.27. The Morgan fingerprint density at radius 2 is 1.87 bits per heavy atom. The number of nitrogens with zero attached hydrogens (tertiary/aromatic N) is 2.